The van der Waals surface area contributed by atoms with E-state index in [0.717, 1.165) is 10.6 Å². The highest BCUT2D eigenvalue weighted by molar-refractivity contribution is 7.10. The third kappa shape index (κ3) is 2.62. The second-order valence-corrected chi connectivity index (χ2v) is 5.42. The van der Waals surface area contributed by atoms with Crippen molar-refractivity contribution in [1.29, 1.82) is 0 Å². The minimum absolute atomic E-state index is 0.459. The fourth-order valence-electron chi connectivity index (χ4n) is 2.17. The Kier molecular flexibility index (Phi) is 3.49. The SMILES string of the molecule is OC(CNc1cccc2ccccc12)c1cccs1. The number of aliphatic hydroxyl groups is 1. The molecule has 2 aromatic carbocycles. The van der Waals surface area contributed by atoms with Crippen LogP contribution in [0.5, 0.6) is 0 Å². The lowest BCUT2D eigenvalue weighted by molar-refractivity contribution is 0.195. The predicted molar refractivity (Wildman–Crippen MR) is 81.7 cm³/mol. The molecule has 0 fully saturated rings. The summed E-state index contributed by atoms with van der Waals surface area (Å²) in [6.45, 7) is 0.522. The van der Waals surface area contributed by atoms with E-state index < -0.39 is 6.10 Å². The van der Waals surface area contributed by atoms with Crippen molar-refractivity contribution in [1.82, 2.24) is 0 Å². The number of hydrogen-bond acceptors (Lipinski definition) is 3. The molecule has 2 N–H and O–H groups in total. The summed E-state index contributed by atoms with van der Waals surface area (Å²) in [6, 6.07) is 18.3. The Labute approximate surface area is 116 Å². The first-order valence-electron chi connectivity index (χ1n) is 6.28. The van der Waals surface area contributed by atoms with Crippen LogP contribution in [0.15, 0.2) is 60.0 Å². The summed E-state index contributed by atoms with van der Waals surface area (Å²) in [7, 11) is 0. The van der Waals surface area contributed by atoms with Crippen molar-refractivity contribution < 1.29 is 5.11 Å². The average molecular weight is 269 g/mol. The van der Waals surface area contributed by atoms with E-state index >= 15 is 0 Å². The topological polar surface area (TPSA) is 32.3 Å². The summed E-state index contributed by atoms with van der Waals surface area (Å²) in [5.74, 6) is 0. The van der Waals surface area contributed by atoms with Gasteiger partial charge in [0.05, 0.1) is 0 Å². The molecule has 3 heteroatoms. The molecular formula is C16H15NOS. The molecule has 3 rings (SSSR count). The number of anilines is 1. The summed E-state index contributed by atoms with van der Waals surface area (Å²) in [6.07, 6.45) is -0.459. The Morgan fingerprint density at radius 1 is 1.00 bits per heavy atom. The fraction of sp³-hybridized carbons (Fsp3) is 0.125. The molecule has 0 saturated carbocycles. The molecule has 1 aromatic heterocycles. The van der Waals surface area contributed by atoms with Crippen LogP contribution in [0.2, 0.25) is 0 Å². The molecule has 96 valence electrons. The lowest BCUT2D eigenvalue weighted by atomic mass is 10.1. The van der Waals surface area contributed by atoms with Crippen LogP contribution in [0.4, 0.5) is 5.69 Å². The van der Waals surface area contributed by atoms with E-state index in [2.05, 4.69) is 23.5 Å². The molecule has 0 amide bonds. The van der Waals surface area contributed by atoms with Gasteiger partial charge in [0, 0.05) is 22.5 Å². The third-order valence-electron chi connectivity index (χ3n) is 3.15. The van der Waals surface area contributed by atoms with Crippen LogP contribution >= 0.6 is 11.3 Å². The molecule has 1 atom stereocenters. The van der Waals surface area contributed by atoms with Crippen molar-refractivity contribution in [2.45, 2.75) is 6.10 Å². The second kappa shape index (κ2) is 5.43. The van der Waals surface area contributed by atoms with Gasteiger partial charge in [-0.1, -0.05) is 42.5 Å². The maximum atomic E-state index is 10.1. The van der Waals surface area contributed by atoms with Gasteiger partial charge in [-0.3, -0.25) is 0 Å². The zero-order chi connectivity index (χ0) is 13.1. The molecule has 2 nitrogen and oxygen atoms in total. The Balaban J connectivity index is 1.79. The zero-order valence-corrected chi connectivity index (χ0v) is 11.2. The van der Waals surface area contributed by atoms with Gasteiger partial charge in [-0.15, -0.1) is 11.3 Å². The smallest absolute Gasteiger partial charge is 0.105 e. The predicted octanol–water partition coefficient (Wildman–Crippen LogP) is 4.05. The number of benzene rings is 2. The lowest BCUT2D eigenvalue weighted by Gasteiger charge is -2.13. The maximum Gasteiger partial charge on any atom is 0.105 e. The number of hydrogen-bond donors (Lipinski definition) is 2. The monoisotopic (exact) mass is 269 g/mol. The molecule has 0 aliphatic heterocycles. The van der Waals surface area contributed by atoms with Gasteiger partial charge >= 0.3 is 0 Å². The Bertz CT molecular complexity index is 658. The first-order valence-corrected chi connectivity index (χ1v) is 7.15. The molecular weight excluding hydrogens is 254 g/mol. The quantitative estimate of drug-likeness (QED) is 0.749. The Morgan fingerprint density at radius 2 is 1.84 bits per heavy atom. The van der Waals surface area contributed by atoms with Crippen molar-refractivity contribution in [3.05, 3.63) is 64.9 Å². The highest BCUT2D eigenvalue weighted by Gasteiger charge is 2.08. The van der Waals surface area contributed by atoms with E-state index in [1.807, 2.05) is 41.8 Å². The second-order valence-electron chi connectivity index (χ2n) is 4.44. The van der Waals surface area contributed by atoms with Crippen LogP contribution in [-0.2, 0) is 0 Å². The summed E-state index contributed by atoms with van der Waals surface area (Å²) >= 11 is 1.58. The summed E-state index contributed by atoms with van der Waals surface area (Å²) < 4.78 is 0. The standard InChI is InChI=1S/C16H15NOS/c18-15(16-9-4-10-19-16)11-17-14-8-3-6-12-5-1-2-7-13(12)14/h1-10,15,17-18H,11H2. The zero-order valence-electron chi connectivity index (χ0n) is 10.4. The van der Waals surface area contributed by atoms with Crippen LogP contribution in [0.1, 0.15) is 11.0 Å². The molecule has 1 heterocycles. The van der Waals surface area contributed by atoms with E-state index in [1.165, 1.54) is 10.8 Å². The lowest BCUT2D eigenvalue weighted by Crippen LogP contribution is -2.11. The maximum absolute atomic E-state index is 10.1. The summed E-state index contributed by atoms with van der Waals surface area (Å²) in [5, 5.41) is 17.8. The van der Waals surface area contributed by atoms with Gasteiger partial charge in [-0.25, -0.2) is 0 Å². The summed E-state index contributed by atoms with van der Waals surface area (Å²) in [4.78, 5) is 0.993. The molecule has 0 spiro atoms. The van der Waals surface area contributed by atoms with E-state index in [4.69, 9.17) is 0 Å². The van der Waals surface area contributed by atoms with E-state index in [9.17, 15) is 5.11 Å². The first-order chi connectivity index (χ1) is 9.34. The molecule has 3 aromatic rings. The van der Waals surface area contributed by atoms with Crippen LogP contribution in [-0.4, -0.2) is 11.7 Å². The molecule has 1 unspecified atom stereocenters. The van der Waals surface area contributed by atoms with Gasteiger partial charge in [0.1, 0.15) is 6.10 Å². The van der Waals surface area contributed by atoms with Crippen molar-refractivity contribution in [3.63, 3.8) is 0 Å². The van der Waals surface area contributed by atoms with Gasteiger partial charge in [-0.05, 0) is 22.9 Å². The molecule has 0 radical (unpaired) electrons. The van der Waals surface area contributed by atoms with E-state index in [-0.39, 0.29) is 0 Å². The molecule has 0 bridgehead atoms. The Morgan fingerprint density at radius 3 is 2.68 bits per heavy atom. The van der Waals surface area contributed by atoms with Crippen molar-refractivity contribution in [3.8, 4) is 0 Å². The van der Waals surface area contributed by atoms with E-state index in [0.29, 0.717) is 6.54 Å². The minimum atomic E-state index is -0.459. The number of thiophene rings is 1. The van der Waals surface area contributed by atoms with Crippen LogP contribution < -0.4 is 5.32 Å². The largest absolute Gasteiger partial charge is 0.386 e. The normalized spacial score (nSPS) is 12.5. The molecule has 19 heavy (non-hydrogen) atoms. The molecule has 0 aliphatic carbocycles. The molecule has 0 aliphatic rings. The van der Waals surface area contributed by atoms with Crippen LogP contribution in [0.25, 0.3) is 10.8 Å². The highest BCUT2D eigenvalue weighted by Crippen LogP contribution is 2.24. The van der Waals surface area contributed by atoms with Crippen molar-refractivity contribution in [2.24, 2.45) is 0 Å². The number of nitrogens with one attached hydrogen (secondary N) is 1. The molecule has 0 saturated heterocycles. The van der Waals surface area contributed by atoms with Gasteiger partial charge < -0.3 is 10.4 Å². The van der Waals surface area contributed by atoms with Crippen molar-refractivity contribution in [2.75, 3.05) is 11.9 Å². The van der Waals surface area contributed by atoms with Gasteiger partial charge in [-0.2, -0.15) is 0 Å². The number of fused-ring (bicyclic) bond motifs is 1. The van der Waals surface area contributed by atoms with Crippen LogP contribution in [0.3, 0.4) is 0 Å². The Hall–Kier alpha value is -1.84. The van der Waals surface area contributed by atoms with Gasteiger partial charge in [0.2, 0.25) is 0 Å². The first kappa shape index (κ1) is 12.2. The highest BCUT2D eigenvalue weighted by atomic mass is 32.1. The fourth-order valence-corrected chi connectivity index (χ4v) is 2.88. The summed E-state index contributed by atoms with van der Waals surface area (Å²) in [5.41, 5.74) is 1.06. The van der Waals surface area contributed by atoms with Crippen molar-refractivity contribution >= 4 is 27.8 Å². The van der Waals surface area contributed by atoms with Crippen LogP contribution in [0, 0.1) is 0 Å². The van der Waals surface area contributed by atoms with Gasteiger partial charge in [0.25, 0.3) is 0 Å². The average Bonchev–Trinajstić information content (AvgIpc) is 2.99. The minimum Gasteiger partial charge on any atom is -0.386 e. The number of rotatable bonds is 4. The third-order valence-corrected chi connectivity index (χ3v) is 4.12. The van der Waals surface area contributed by atoms with E-state index in [1.54, 1.807) is 11.3 Å². The number of aliphatic hydroxyl groups excluding tert-OH is 1. The van der Waals surface area contributed by atoms with Gasteiger partial charge in [0.15, 0.2) is 0 Å².